The van der Waals surface area contributed by atoms with Gasteiger partial charge in [0.25, 0.3) is 0 Å². The van der Waals surface area contributed by atoms with Crippen molar-refractivity contribution in [1.82, 2.24) is 4.72 Å². The highest BCUT2D eigenvalue weighted by Gasteiger charge is 2.16. The van der Waals surface area contributed by atoms with Crippen molar-refractivity contribution in [2.45, 2.75) is 26.7 Å². The summed E-state index contributed by atoms with van der Waals surface area (Å²) in [6.45, 7) is 4.17. The topological polar surface area (TPSA) is 94.1 Å². The van der Waals surface area contributed by atoms with Gasteiger partial charge >= 0.3 is 16.4 Å². The van der Waals surface area contributed by atoms with Crippen LogP contribution in [0.15, 0.2) is 47.5 Å². The Morgan fingerprint density at radius 1 is 1.07 bits per heavy atom. The van der Waals surface area contributed by atoms with Crippen molar-refractivity contribution in [3.63, 3.8) is 0 Å². The Labute approximate surface area is 159 Å². The zero-order chi connectivity index (χ0) is 19.9. The maximum absolute atomic E-state index is 11.6. The van der Waals surface area contributed by atoms with Gasteiger partial charge in [-0.05, 0) is 53.8 Å². The number of hydrogen-bond acceptors (Lipinski definition) is 6. The second-order valence-electron chi connectivity index (χ2n) is 5.59. The van der Waals surface area contributed by atoms with Gasteiger partial charge in [-0.25, -0.2) is 4.79 Å². The number of nitrogens with zero attached hydrogens (tertiary/aromatic N) is 1. The molecule has 8 heteroatoms. The Hall–Kier alpha value is -2.87. The molecule has 0 unspecified atom stereocenters. The molecule has 0 saturated carbocycles. The third-order valence-electron chi connectivity index (χ3n) is 3.79. The summed E-state index contributed by atoms with van der Waals surface area (Å²) in [5.74, 6) is 0.0618. The van der Waals surface area contributed by atoms with Gasteiger partial charge in [0.05, 0.1) is 12.8 Å². The highest BCUT2D eigenvalue weighted by atomic mass is 32.2. The molecule has 0 bridgehead atoms. The van der Waals surface area contributed by atoms with E-state index in [4.69, 9.17) is 4.18 Å². The molecule has 0 spiro atoms. The van der Waals surface area contributed by atoms with Gasteiger partial charge in [-0.15, -0.1) is 0 Å². The SMILES string of the molecule is CCc1cccc(CC)c1N=Cc1ccc(OS(=O)(=O)NC(=O)OC)cc1. The van der Waals surface area contributed by atoms with Gasteiger partial charge in [0.1, 0.15) is 5.75 Å². The van der Waals surface area contributed by atoms with Gasteiger partial charge < -0.3 is 8.92 Å². The van der Waals surface area contributed by atoms with Crippen LogP contribution >= 0.6 is 0 Å². The summed E-state index contributed by atoms with van der Waals surface area (Å²) in [6.07, 6.45) is 2.37. The molecule has 0 aromatic heterocycles. The molecule has 0 aliphatic rings. The maximum atomic E-state index is 11.6. The molecule has 1 amide bonds. The standard InChI is InChI=1S/C19H22N2O5S/c1-4-15-7-6-8-16(5-2)18(15)20-13-14-9-11-17(12-10-14)26-27(23,24)21-19(22)25-3/h6-13H,4-5H2,1-3H3,(H,21,22). The molecule has 0 radical (unpaired) electrons. The summed E-state index contributed by atoms with van der Waals surface area (Å²) in [7, 11) is -3.24. The molecule has 0 heterocycles. The first-order chi connectivity index (χ1) is 12.9. The lowest BCUT2D eigenvalue weighted by Crippen LogP contribution is -2.33. The molecule has 0 aliphatic heterocycles. The third kappa shape index (κ3) is 5.82. The van der Waals surface area contributed by atoms with Crippen LogP contribution in [0.5, 0.6) is 5.75 Å². The number of aliphatic imine (C=N–C) groups is 1. The van der Waals surface area contributed by atoms with Gasteiger partial charge in [0.2, 0.25) is 0 Å². The van der Waals surface area contributed by atoms with Gasteiger partial charge in [-0.2, -0.15) is 13.1 Å². The van der Waals surface area contributed by atoms with Crippen LogP contribution in [0.3, 0.4) is 0 Å². The predicted octanol–water partition coefficient (Wildman–Crippen LogP) is 3.54. The van der Waals surface area contributed by atoms with Crippen LogP contribution in [-0.4, -0.2) is 27.8 Å². The van der Waals surface area contributed by atoms with E-state index < -0.39 is 16.4 Å². The summed E-state index contributed by atoms with van der Waals surface area (Å²) in [5, 5.41) is 0. The van der Waals surface area contributed by atoms with Crippen molar-refractivity contribution in [2.75, 3.05) is 7.11 Å². The van der Waals surface area contributed by atoms with E-state index in [2.05, 4.69) is 35.7 Å². The quantitative estimate of drug-likeness (QED) is 0.730. The van der Waals surface area contributed by atoms with Gasteiger partial charge in [0.15, 0.2) is 0 Å². The summed E-state index contributed by atoms with van der Waals surface area (Å²) in [6, 6.07) is 12.4. The average Bonchev–Trinajstić information content (AvgIpc) is 2.66. The largest absolute Gasteiger partial charge is 0.452 e. The number of carbonyl (C=O) groups excluding carboxylic acids is 1. The van der Waals surface area contributed by atoms with E-state index in [1.54, 1.807) is 23.1 Å². The lowest BCUT2D eigenvalue weighted by Gasteiger charge is -2.08. The molecule has 2 aromatic carbocycles. The van der Waals surface area contributed by atoms with Crippen molar-refractivity contribution >= 4 is 28.3 Å². The van der Waals surface area contributed by atoms with E-state index in [1.165, 1.54) is 23.3 Å². The molecule has 1 N–H and O–H groups in total. The van der Waals surface area contributed by atoms with E-state index in [0.717, 1.165) is 31.2 Å². The molecule has 27 heavy (non-hydrogen) atoms. The molecular weight excluding hydrogens is 368 g/mol. The van der Waals surface area contributed by atoms with Crippen LogP contribution in [0, 0.1) is 0 Å². The summed E-state index contributed by atoms with van der Waals surface area (Å²) in [5.41, 5.74) is 4.09. The van der Waals surface area contributed by atoms with Crippen molar-refractivity contribution in [1.29, 1.82) is 0 Å². The van der Waals surface area contributed by atoms with Crippen molar-refractivity contribution < 1.29 is 22.1 Å². The van der Waals surface area contributed by atoms with Crippen molar-refractivity contribution in [3.05, 3.63) is 59.2 Å². The smallest absolute Gasteiger partial charge is 0.423 e. The number of benzene rings is 2. The van der Waals surface area contributed by atoms with Crippen LogP contribution in [0.1, 0.15) is 30.5 Å². The Morgan fingerprint density at radius 2 is 1.67 bits per heavy atom. The first-order valence-corrected chi connectivity index (χ1v) is 9.84. The van der Waals surface area contributed by atoms with Crippen LogP contribution in [0.4, 0.5) is 10.5 Å². The monoisotopic (exact) mass is 390 g/mol. The van der Waals surface area contributed by atoms with E-state index in [0.29, 0.717) is 0 Å². The van der Waals surface area contributed by atoms with Gasteiger partial charge in [0, 0.05) is 6.21 Å². The number of nitrogens with one attached hydrogen (secondary N) is 1. The molecular formula is C19H22N2O5S. The van der Waals surface area contributed by atoms with Crippen molar-refractivity contribution in [2.24, 2.45) is 4.99 Å². The molecule has 2 aromatic rings. The Kier molecular flexibility index (Phi) is 6.95. The number of hydrogen-bond donors (Lipinski definition) is 1. The minimum Gasteiger partial charge on any atom is -0.452 e. The molecule has 0 atom stereocenters. The zero-order valence-corrected chi connectivity index (χ0v) is 16.2. The summed E-state index contributed by atoms with van der Waals surface area (Å²) in [4.78, 5) is 15.6. The Morgan fingerprint density at radius 3 is 2.19 bits per heavy atom. The molecule has 2 rings (SSSR count). The molecule has 0 aliphatic carbocycles. The predicted molar refractivity (Wildman–Crippen MR) is 104 cm³/mol. The fourth-order valence-electron chi connectivity index (χ4n) is 2.42. The van der Waals surface area contributed by atoms with E-state index in [1.807, 2.05) is 6.07 Å². The van der Waals surface area contributed by atoms with E-state index in [-0.39, 0.29) is 5.75 Å². The number of para-hydroxylation sites is 1. The Bertz CT molecular complexity index is 899. The van der Waals surface area contributed by atoms with E-state index in [9.17, 15) is 13.2 Å². The Balaban J connectivity index is 2.15. The number of rotatable bonds is 7. The maximum Gasteiger partial charge on any atom is 0.423 e. The third-order valence-corrected chi connectivity index (χ3v) is 4.62. The highest BCUT2D eigenvalue weighted by Crippen LogP contribution is 2.25. The van der Waals surface area contributed by atoms with Crippen LogP contribution in [-0.2, 0) is 27.9 Å². The number of methoxy groups -OCH3 is 1. The lowest BCUT2D eigenvalue weighted by molar-refractivity contribution is 0.177. The van der Waals surface area contributed by atoms with Crippen LogP contribution in [0.25, 0.3) is 0 Å². The second-order valence-corrected chi connectivity index (χ2v) is 6.87. The fraction of sp³-hybridized carbons (Fsp3) is 0.263. The number of aryl methyl sites for hydroxylation is 2. The second kappa shape index (κ2) is 9.18. The normalized spacial score (nSPS) is 11.4. The van der Waals surface area contributed by atoms with E-state index >= 15 is 0 Å². The van der Waals surface area contributed by atoms with Crippen LogP contribution < -0.4 is 8.91 Å². The average molecular weight is 390 g/mol. The number of carbonyl (C=O) groups is 1. The molecule has 0 saturated heterocycles. The number of ether oxygens (including phenoxy) is 1. The first-order valence-electron chi connectivity index (χ1n) is 8.43. The highest BCUT2D eigenvalue weighted by molar-refractivity contribution is 7.85. The molecule has 0 fully saturated rings. The summed E-state index contributed by atoms with van der Waals surface area (Å²) < 4.78 is 33.9. The van der Waals surface area contributed by atoms with Crippen LogP contribution in [0.2, 0.25) is 0 Å². The summed E-state index contributed by atoms with van der Waals surface area (Å²) >= 11 is 0. The lowest BCUT2D eigenvalue weighted by atomic mass is 10.0. The van der Waals surface area contributed by atoms with Crippen molar-refractivity contribution in [3.8, 4) is 5.75 Å². The molecule has 7 nitrogen and oxygen atoms in total. The zero-order valence-electron chi connectivity index (χ0n) is 15.4. The first kappa shape index (κ1) is 20.4. The van der Waals surface area contributed by atoms with Gasteiger partial charge in [-0.3, -0.25) is 4.99 Å². The number of amides is 1. The van der Waals surface area contributed by atoms with Gasteiger partial charge in [-0.1, -0.05) is 32.0 Å². The minimum absolute atomic E-state index is 0.0618. The minimum atomic E-state index is -4.29. The molecule has 144 valence electrons. The fourth-order valence-corrected chi connectivity index (χ4v) is 3.11.